The number of rotatable bonds is 6. The number of piperidine rings is 1. The molecule has 94 valence electrons. The zero-order valence-electron chi connectivity index (χ0n) is 11.3. The van der Waals surface area contributed by atoms with Crippen LogP contribution in [0.15, 0.2) is 12.2 Å². The Kier molecular flexibility index (Phi) is 6.07. The first-order valence-corrected chi connectivity index (χ1v) is 6.74. The molecule has 0 aromatic heterocycles. The molecule has 1 saturated heterocycles. The second-order valence-corrected chi connectivity index (χ2v) is 5.41. The van der Waals surface area contributed by atoms with E-state index in [1.807, 2.05) is 0 Å². The third-order valence-corrected chi connectivity index (χ3v) is 3.37. The normalized spacial score (nSPS) is 22.6. The van der Waals surface area contributed by atoms with E-state index in [1.165, 1.54) is 38.0 Å². The summed E-state index contributed by atoms with van der Waals surface area (Å²) in [6.07, 6.45) is 3.85. The molecule has 1 rings (SSSR count). The van der Waals surface area contributed by atoms with Crippen LogP contribution >= 0.6 is 0 Å². The molecule has 16 heavy (non-hydrogen) atoms. The molecule has 0 radical (unpaired) electrons. The highest BCUT2D eigenvalue weighted by Gasteiger charge is 2.19. The van der Waals surface area contributed by atoms with Crippen LogP contribution in [0.4, 0.5) is 0 Å². The Balaban J connectivity index is 2.26. The van der Waals surface area contributed by atoms with Gasteiger partial charge in [0.2, 0.25) is 0 Å². The molecule has 0 aromatic carbocycles. The van der Waals surface area contributed by atoms with Crippen LogP contribution in [0.1, 0.15) is 40.0 Å². The molecule has 0 aromatic rings. The summed E-state index contributed by atoms with van der Waals surface area (Å²) in [5.74, 6) is 0.834. The molecule has 1 heterocycles. The summed E-state index contributed by atoms with van der Waals surface area (Å²) >= 11 is 0. The third-order valence-electron chi connectivity index (χ3n) is 3.37. The third kappa shape index (κ3) is 5.13. The van der Waals surface area contributed by atoms with E-state index in [2.05, 4.69) is 37.6 Å². The highest BCUT2D eigenvalue weighted by molar-refractivity contribution is 4.96. The van der Waals surface area contributed by atoms with E-state index in [-0.39, 0.29) is 0 Å². The molecule has 0 aliphatic carbocycles. The van der Waals surface area contributed by atoms with Gasteiger partial charge in [0.05, 0.1) is 0 Å². The van der Waals surface area contributed by atoms with Crippen molar-refractivity contribution in [1.82, 2.24) is 10.2 Å². The van der Waals surface area contributed by atoms with Crippen molar-refractivity contribution in [3.63, 3.8) is 0 Å². The van der Waals surface area contributed by atoms with Crippen molar-refractivity contribution in [2.75, 3.05) is 26.2 Å². The standard InChI is InChI=1S/C14H28N2/c1-5-13(4)10-16-8-6-7-14(11-16)9-15-12(2)3/h12,14-15H,4-11H2,1-3H3. The van der Waals surface area contributed by atoms with Gasteiger partial charge in [-0.3, -0.25) is 4.90 Å². The van der Waals surface area contributed by atoms with Crippen LogP contribution in [0.5, 0.6) is 0 Å². The minimum absolute atomic E-state index is 0.612. The summed E-state index contributed by atoms with van der Waals surface area (Å²) in [4.78, 5) is 2.57. The molecular formula is C14H28N2. The van der Waals surface area contributed by atoms with Gasteiger partial charge in [0.25, 0.3) is 0 Å². The van der Waals surface area contributed by atoms with Crippen molar-refractivity contribution in [1.29, 1.82) is 0 Å². The van der Waals surface area contributed by atoms with E-state index in [0.29, 0.717) is 6.04 Å². The lowest BCUT2D eigenvalue weighted by Gasteiger charge is -2.33. The Morgan fingerprint density at radius 3 is 2.88 bits per heavy atom. The first kappa shape index (κ1) is 13.7. The van der Waals surface area contributed by atoms with Gasteiger partial charge in [-0.2, -0.15) is 0 Å². The van der Waals surface area contributed by atoms with Gasteiger partial charge in [-0.1, -0.05) is 32.9 Å². The Labute approximate surface area is 101 Å². The van der Waals surface area contributed by atoms with Crippen molar-refractivity contribution in [2.45, 2.75) is 46.1 Å². The molecule has 1 aliphatic rings. The number of nitrogens with one attached hydrogen (secondary N) is 1. The maximum absolute atomic E-state index is 4.11. The Bertz CT molecular complexity index is 211. The van der Waals surface area contributed by atoms with Crippen LogP contribution in [-0.2, 0) is 0 Å². The zero-order valence-corrected chi connectivity index (χ0v) is 11.3. The molecular weight excluding hydrogens is 196 g/mol. The molecule has 1 atom stereocenters. The van der Waals surface area contributed by atoms with Crippen molar-refractivity contribution in [3.8, 4) is 0 Å². The maximum Gasteiger partial charge on any atom is 0.0190 e. The summed E-state index contributed by atoms with van der Waals surface area (Å²) in [6.45, 7) is 15.5. The number of hydrogen-bond donors (Lipinski definition) is 1. The Hall–Kier alpha value is -0.340. The summed E-state index contributed by atoms with van der Waals surface area (Å²) in [6, 6.07) is 0.612. The van der Waals surface area contributed by atoms with Gasteiger partial charge in [-0.25, -0.2) is 0 Å². The smallest absolute Gasteiger partial charge is 0.0190 e. The Morgan fingerprint density at radius 1 is 1.50 bits per heavy atom. The average molecular weight is 224 g/mol. The largest absolute Gasteiger partial charge is 0.314 e. The first-order chi connectivity index (χ1) is 7.61. The maximum atomic E-state index is 4.11. The molecule has 2 heteroatoms. The minimum atomic E-state index is 0.612. The second kappa shape index (κ2) is 7.08. The predicted octanol–water partition coefficient (Wildman–Crippen LogP) is 2.66. The number of nitrogens with zero attached hydrogens (tertiary/aromatic N) is 1. The monoisotopic (exact) mass is 224 g/mol. The second-order valence-electron chi connectivity index (χ2n) is 5.41. The lowest BCUT2D eigenvalue weighted by atomic mass is 9.97. The van der Waals surface area contributed by atoms with Crippen LogP contribution < -0.4 is 5.32 Å². The minimum Gasteiger partial charge on any atom is -0.314 e. The quantitative estimate of drug-likeness (QED) is 0.698. The molecule has 0 saturated carbocycles. The molecule has 0 spiro atoms. The molecule has 0 amide bonds. The van der Waals surface area contributed by atoms with E-state index in [9.17, 15) is 0 Å². The topological polar surface area (TPSA) is 15.3 Å². The SMILES string of the molecule is C=C(CC)CN1CCCC(CNC(C)C)C1. The fourth-order valence-electron chi connectivity index (χ4n) is 2.29. The highest BCUT2D eigenvalue weighted by atomic mass is 15.1. The number of hydrogen-bond acceptors (Lipinski definition) is 2. The Morgan fingerprint density at radius 2 is 2.25 bits per heavy atom. The predicted molar refractivity (Wildman–Crippen MR) is 71.7 cm³/mol. The van der Waals surface area contributed by atoms with E-state index in [4.69, 9.17) is 0 Å². The molecule has 0 bridgehead atoms. The summed E-state index contributed by atoms with van der Waals surface area (Å²) in [5.41, 5.74) is 1.37. The van der Waals surface area contributed by atoms with E-state index < -0.39 is 0 Å². The fourth-order valence-corrected chi connectivity index (χ4v) is 2.29. The van der Waals surface area contributed by atoms with Crippen molar-refractivity contribution >= 4 is 0 Å². The van der Waals surface area contributed by atoms with E-state index >= 15 is 0 Å². The first-order valence-electron chi connectivity index (χ1n) is 6.74. The van der Waals surface area contributed by atoms with Crippen LogP contribution in [0.2, 0.25) is 0 Å². The molecule has 1 aliphatic heterocycles. The van der Waals surface area contributed by atoms with Crippen molar-refractivity contribution < 1.29 is 0 Å². The van der Waals surface area contributed by atoms with Crippen LogP contribution in [0, 0.1) is 5.92 Å². The molecule has 2 nitrogen and oxygen atoms in total. The van der Waals surface area contributed by atoms with Gasteiger partial charge >= 0.3 is 0 Å². The summed E-state index contributed by atoms with van der Waals surface area (Å²) in [7, 11) is 0. The summed E-state index contributed by atoms with van der Waals surface area (Å²) < 4.78 is 0. The lowest BCUT2D eigenvalue weighted by Crippen LogP contribution is -2.41. The van der Waals surface area contributed by atoms with E-state index in [1.54, 1.807) is 0 Å². The van der Waals surface area contributed by atoms with E-state index in [0.717, 1.165) is 18.9 Å². The van der Waals surface area contributed by atoms with Crippen LogP contribution in [-0.4, -0.2) is 37.1 Å². The van der Waals surface area contributed by atoms with Gasteiger partial charge < -0.3 is 5.32 Å². The van der Waals surface area contributed by atoms with Gasteiger partial charge in [-0.05, 0) is 38.3 Å². The fraction of sp³-hybridized carbons (Fsp3) is 0.857. The van der Waals surface area contributed by atoms with Gasteiger partial charge in [0, 0.05) is 19.1 Å². The van der Waals surface area contributed by atoms with Gasteiger partial charge in [-0.15, -0.1) is 0 Å². The van der Waals surface area contributed by atoms with Crippen molar-refractivity contribution in [2.24, 2.45) is 5.92 Å². The summed E-state index contributed by atoms with van der Waals surface area (Å²) in [5, 5.41) is 3.55. The molecule has 1 N–H and O–H groups in total. The lowest BCUT2D eigenvalue weighted by molar-refractivity contribution is 0.182. The van der Waals surface area contributed by atoms with Gasteiger partial charge in [0.1, 0.15) is 0 Å². The van der Waals surface area contributed by atoms with Crippen LogP contribution in [0.25, 0.3) is 0 Å². The average Bonchev–Trinajstić information content (AvgIpc) is 2.26. The molecule has 1 unspecified atom stereocenters. The van der Waals surface area contributed by atoms with Crippen molar-refractivity contribution in [3.05, 3.63) is 12.2 Å². The highest BCUT2D eigenvalue weighted by Crippen LogP contribution is 2.17. The van der Waals surface area contributed by atoms with Gasteiger partial charge in [0.15, 0.2) is 0 Å². The molecule has 1 fully saturated rings. The number of likely N-dealkylation sites (tertiary alicyclic amines) is 1. The zero-order chi connectivity index (χ0) is 12.0. The van der Waals surface area contributed by atoms with Crippen LogP contribution in [0.3, 0.4) is 0 Å².